The maximum Gasteiger partial charge on any atom is 0.174 e. The number of anilines is 1. The number of pyridine rings is 1. The second kappa shape index (κ2) is 8.96. The molecule has 2 aromatic heterocycles. The van der Waals surface area contributed by atoms with Gasteiger partial charge in [0.1, 0.15) is 17.5 Å². The van der Waals surface area contributed by atoms with E-state index in [2.05, 4.69) is 25.8 Å². The van der Waals surface area contributed by atoms with Crippen LogP contribution in [0.1, 0.15) is 23.5 Å². The fourth-order valence-electron chi connectivity index (χ4n) is 4.43. The van der Waals surface area contributed by atoms with Gasteiger partial charge in [-0.2, -0.15) is 0 Å². The van der Waals surface area contributed by atoms with Crippen LogP contribution in [0.3, 0.4) is 0 Å². The standard InChI is InChI=1S/C26H24N4O2S/c1-31-22-14-5-3-11-19(22)29-17-9-13-21(29)25-24(18-10-7-8-16-27-18)28-26(33)30(25)20-12-4-6-15-23(20)32-2/h3-17,24-25H,1-2H3,(H,28,33)/t24-,25-/m1/s1. The van der Waals surface area contributed by atoms with Crippen LogP contribution in [0.2, 0.25) is 0 Å². The molecule has 1 fully saturated rings. The molecule has 7 heteroatoms. The molecule has 1 N–H and O–H groups in total. The Bertz CT molecular complexity index is 1270. The van der Waals surface area contributed by atoms with Crippen LogP contribution in [0.15, 0.2) is 91.3 Å². The zero-order valence-corrected chi connectivity index (χ0v) is 19.2. The van der Waals surface area contributed by atoms with Crippen LogP contribution in [-0.4, -0.2) is 28.9 Å². The summed E-state index contributed by atoms with van der Waals surface area (Å²) in [4.78, 5) is 6.77. The summed E-state index contributed by atoms with van der Waals surface area (Å²) in [6.07, 6.45) is 3.85. The minimum Gasteiger partial charge on any atom is -0.495 e. The summed E-state index contributed by atoms with van der Waals surface area (Å²) in [5.41, 5.74) is 3.81. The van der Waals surface area contributed by atoms with Gasteiger partial charge in [0.25, 0.3) is 0 Å². The van der Waals surface area contributed by atoms with Gasteiger partial charge in [-0.15, -0.1) is 0 Å². The Kier molecular flexibility index (Phi) is 5.71. The van der Waals surface area contributed by atoms with Crippen molar-refractivity contribution >= 4 is 23.0 Å². The van der Waals surface area contributed by atoms with Crippen molar-refractivity contribution in [1.29, 1.82) is 0 Å². The molecule has 1 aliphatic heterocycles. The largest absolute Gasteiger partial charge is 0.495 e. The van der Waals surface area contributed by atoms with Gasteiger partial charge in [-0.25, -0.2) is 0 Å². The average molecular weight is 457 g/mol. The van der Waals surface area contributed by atoms with Crippen LogP contribution in [0.4, 0.5) is 5.69 Å². The maximum absolute atomic E-state index is 5.86. The van der Waals surface area contributed by atoms with Crippen molar-refractivity contribution < 1.29 is 9.47 Å². The third-order valence-corrected chi connectivity index (χ3v) is 6.19. The van der Waals surface area contributed by atoms with Crippen molar-refractivity contribution in [2.75, 3.05) is 19.1 Å². The molecule has 2 atom stereocenters. The summed E-state index contributed by atoms with van der Waals surface area (Å²) in [6, 6.07) is 25.7. The first kappa shape index (κ1) is 21.0. The monoisotopic (exact) mass is 456 g/mol. The topological polar surface area (TPSA) is 51.5 Å². The van der Waals surface area contributed by atoms with Crippen LogP contribution < -0.4 is 19.7 Å². The van der Waals surface area contributed by atoms with Gasteiger partial charge in [-0.3, -0.25) is 4.98 Å². The Hall–Kier alpha value is -3.84. The molecule has 6 nitrogen and oxygen atoms in total. The second-order valence-electron chi connectivity index (χ2n) is 7.64. The van der Waals surface area contributed by atoms with E-state index in [0.29, 0.717) is 5.11 Å². The number of nitrogens with one attached hydrogen (secondary N) is 1. The third kappa shape index (κ3) is 3.70. The second-order valence-corrected chi connectivity index (χ2v) is 8.03. The highest BCUT2D eigenvalue weighted by atomic mass is 32.1. The molecule has 0 aliphatic carbocycles. The number of thiocarbonyl (C=S) groups is 1. The first-order valence-corrected chi connectivity index (χ1v) is 11.1. The van der Waals surface area contributed by atoms with E-state index < -0.39 is 0 Å². The molecule has 0 saturated carbocycles. The Morgan fingerprint density at radius 1 is 0.818 bits per heavy atom. The van der Waals surface area contributed by atoms with Crippen LogP contribution >= 0.6 is 12.2 Å². The molecule has 0 unspecified atom stereocenters. The molecule has 3 heterocycles. The van der Waals surface area contributed by atoms with Gasteiger partial charge in [0.2, 0.25) is 0 Å². The lowest BCUT2D eigenvalue weighted by atomic mass is 10.0. The summed E-state index contributed by atoms with van der Waals surface area (Å²) in [5.74, 6) is 1.55. The molecule has 0 spiro atoms. The Balaban J connectivity index is 1.71. The lowest BCUT2D eigenvalue weighted by Gasteiger charge is -2.30. The van der Waals surface area contributed by atoms with Crippen LogP contribution in [0.25, 0.3) is 5.69 Å². The molecule has 0 radical (unpaired) electrons. The van der Waals surface area contributed by atoms with E-state index in [1.165, 1.54) is 0 Å². The summed E-state index contributed by atoms with van der Waals surface area (Å²) >= 11 is 5.86. The van der Waals surface area contributed by atoms with E-state index in [9.17, 15) is 0 Å². The van der Waals surface area contributed by atoms with Crippen LogP contribution in [-0.2, 0) is 0 Å². The Morgan fingerprint density at radius 3 is 2.18 bits per heavy atom. The van der Waals surface area contributed by atoms with E-state index in [1.807, 2.05) is 85.2 Å². The zero-order chi connectivity index (χ0) is 22.8. The smallest absolute Gasteiger partial charge is 0.174 e. The van der Waals surface area contributed by atoms with Crippen molar-refractivity contribution in [2.45, 2.75) is 12.1 Å². The molecule has 166 valence electrons. The fourth-order valence-corrected chi connectivity index (χ4v) is 4.77. The lowest BCUT2D eigenvalue weighted by Crippen LogP contribution is -2.30. The SMILES string of the molecule is COc1ccccc1N1C(=S)N[C@H](c2ccccn2)[C@H]1c1cccn1-c1ccccc1OC. The number of nitrogens with zero attached hydrogens (tertiary/aromatic N) is 3. The number of para-hydroxylation sites is 4. The highest BCUT2D eigenvalue weighted by Gasteiger charge is 2.43. The van der Waals surface area contributed by atoms with Crippen molar-refractivity contribution in [1.82, 2.24) is 14.9 Å². The first-order valence-electron chi connectivity index (χ1n) is 10.7. The van der Waals surface area contributed by atoms with Crippen molar-refractivity contribution in [2.24, 2.45) is 0 Å². The molecule has 33 heavy (non-hydrogen) atoms. The summed E-state index contributed by atoms with van der Waals surface area (Å²) < 4.78 is 13.5. The van der Waals surface area contributed by atoms with Gasteiger partial charge in [0, 0.05) is 18.1 Å². The minimum absolute atomic E-state index is 0.160. The highest BCUT2D eigenvalue weighted by Crippen LogP contribution is 2.45. The van der Waals surface area contributed by atoms with Crippen LogP contribution in [0, 0.1) is 0 Å². The fraction of sp³-hybridized carbons (Fsp3) is 0.154. The van der Waals surface area contributed by atoms with E-state index in [-0.39, 0.29) is 12.1 Å². The van der Waals surface area contributed by atoms with E-state index in [4.69, 9.17) is 21.7 Å². The van der Waals surface area contributed by atoms with Gasteiger partial charge in [0.05, 0.1) is 37.3 Å². The molecule has 1 saturated heterocycles. The summed E-state index contributed by atoms with van der Waals surface area (Å²) in [5, 5.41) is 4.13. The van der Waals surface area contributed by atoms with Crippen molar-refractivity contribution in [3.05, 3.63) is 103 Å². The number of rotatable bonds is 6. The number of hydrogen-bond donors (Lipinski definition) is 1. The van der Waals surface area contributed by atoms with Gasteiger partial charge in [0.15, 0.2) is 5.11 Å². The summed E-state index contributed by atoms with van der Waals surface area (Å²) in [7, 11) is 3.36. The highest BCUT2D eigenvalue weighted by molar-refractivity contribution is 7.80. The molecular weight excluding hydrogens is 432 g/mol. The number of ether oxygens (including phenoxy) is 2. The number of benzene rings is 2. The molecule has 4 aromatic rings. The number of hydrogen-bond acceptors (Lipinski definition) is 4. The molecular formula is C26H24N4O2S. The number of methoxy groups -OCH3 is 2. The van der Waals surface area contributed by atoms with Gasteiger partial charge in [-0.05, 0) is 60.7 Å². The molecule has 0 amide bonds. The van der Waals surface area contributed by atoms with Gasteiger partial charge >= 0.3 is 0 Å². The Labute approximate surface area is 198 Å². The molecule has 5 rings (SSSR count). The summed E-state index contributed by atoms with van der Waals surface area (Å²) in [6.45, 7) is 0. The average Bonchev–Trinajstić information content (AvgIpc) is 3.48. The normalized spacial score (nSPS) is 17.6. The van der Waals surface area contributed by atoms with Gasteiger partial charge < -0.3 is 24.3 Å². The van der Waals surface area contributed by atoms with Crippen LogP contribution in [0.5, 0.6) is 11.5 Å². The molecule has 2 aromatic carbocycles. The predicted molar refractivity (Wildman–Crippen MR) is 133 cm³/mol. The van der Waals surface area contributed by atoms with Crippen molar-refractivity contribution in [3.8, 4) is 17.2 Å². The zero-order valence-electron chi connectivity index (χ0n) is 18.4. The van der Waals surface area contributed by atoms with Crippen molar-refractivity contribution in [3.63, 3.8) is 0 Å². The predicted octanol–water partition coefficient (Wildman–Crippen LogP) is 5.07. The van der Waals surface area contributed by atoms with Gasteiger partial charge in [-0.1, -0.05) is 30.3 Å². The first-order chi connectivity index (χ1) is 16.2. The Morgan fingerprint density at radius 2 is 1.48 bits per heavy atom. The minimum atomic E-state index is -0.177. The number of aromatic nitrogens is 2. The molecule has 0 bridgehead atoms. The van der Waals surface area contributed by atoms with E-state index in [1.54, 1.807) is 14.2 Å². The van der Waals surface area contributed by atoms with E-state index in [0.717, 1.165) is 34.3 Å². The quantitative estimate of drug-likeness (QED) is 0.409. The molecule has 1 aliphatic rings. The maximum atomic E-state index is 5.86. The lowest BCUT2D eigenvalue weighted by molar-refractivity contribution is 0.411. The van der Waals surface area contributed by atoms with E-state index >= 15 is 0 Å². The third-order valence-electron chi connectivity index (χ3n) is 5.87.